The molecule has 0 amide bonds. The molecule has 0 aromatic carbocycles. The number of hydrogen-bond acceptors (Lipinski definition) is 0. The molecule has 0 aromatic rings. The molecule has 0 heterocycles. The lowest BCUT2D eigenvalue weighted by atomic mass is 9.81. The molecule has 0 aliphatic rings. The van der Waals surface area contributed by atoms with Crippen LogP contribution in [-0.4, -0.2) is 0 Å². The lowest BCUT2D eigenvalue weighted by Gasteiger charge is -2.25. The van der Waals surface area contributed by atoms with Crippen LogP contribution in [0.2, 0.25) is 0 Å². The summed E-state index contributed by atoms with van der Waals surface area (Å²) >= 11 is 0. The van der Waals surface area contributed by atoms with Gasteiger partial charge in [0.25, 0.3) is 0 Å². The van der Waals surface area contributed by atoms with Crippen LogP contribution >= 0.6 is 0 Å². The van der Waals surface area contributed by atoms with Crippen LogP contribution in [0.4, 0.5) is 0 Å². The van der Waals surface area contributed by atoms with E-state index < -0.39 is 0 Å². The van der Waals surface area contributed by atoms with Crippen molar-refractivity contribution in [1.29, 1.82) is 0 Å². The lowest BCUT2D eigenvalue weighted by molar-refractivity contribution is 0.270. The van der Waals surface area contributed by atoms with E-state index in [1.54, 1.807) is 0 Å². The zero-order valence-corrected chi connectivity index (χ0v) is 14.0. The number of rotatable bonds is 4. The van der Waals surface area contributed by atoms with E-state index >= 15 is 0 Å². The summed E-state index contributed by atoms with van der Waals surface area (Å²) in [6.45, 7) is 21.5. The first-order valence-corrected chi connectivity index (χ1v) is 7.60. The van der Waals surface area contributed by atoms with Gasteiger partial charge in [0.15, 0.2) is 0 Å². The summed E-state index contributed by atoms with van der Waals surface area (Å²) in [5.74, 6) is 0. The second kappa shape index (κ2) is 24.3. The monoisotopic (exact) mass is 232 g/mol. The zero-order valence-electron chi connectivity index (χ0n) is 14.0. The van der Waals surface area contributed by atoms with Gasteiger partial charge in [-0.1, -0.05) is 94.9 Å². The molecular weight excluding hydrogens is 192 g/mol. The average Bonchev–Trinajstić information content (AvgIpc) is 2.35. The maximum absolute atomic E-state index is 2.39. The minimum atomic E-state index is 0.634. The molecule has 0 atom stereocenters. The molecule has 0 rings (SSSR count). The maximum Gasteiger partial charge on any atom is -0.0331 e. The first-order chi connectivity index (χ1) is 7.60. The Morgan fingerprint density at radius 1 is 0.688 bits per heavy atom. The van der Waals surface area contributed by atoms with E-state index in [2.05, 4.69) is 41.5 Å². The van der Waals surface area contributed by atoms with E-state index in [1.807, 2.05) is 27.7 Å². The highest BCUT2D eigenvalue weighted by Gasteiger charge is 2.16. The van der Waals surface area contributed by atoms with Crippen LogP contribution in [-0.2, 0) is 0 Å². The van der Waals surface area contributed by atoms with E-state index in [0.29, 0.717) is 5.41 Å². The van der Waals surface area contributed by atoms with Crippen LogP contribution in [0.3, 0.4) is 0 Å². The molecule has 0 spiro atoms. The smallest absolute Gasteiger partial charge is 0.0331 e. The minimum absolute atomic E-state index is 0.634. The molecule has 0 aliphatic carbocycles. The van der Waals surface area contributed by atoms with Gasteiger partial charge in [0.2, 0.25) is 0 Å². The number of hydrogen-bond donors (Lipinski definition) is 0. The zero-order chi connectivity index (χ0) is 14.0. The van der Waals surface area contributed by atoms with Crippen LogP contribution in [0.25, 0.3) is 0 Å². The normalized spacial score (nSPS) is 8.62. The van der Waals surface area contributed by atoms with Crippen molar-refractivity contribution in [3.63, 3.8) is 0 Å². The third kappa shape index (κ3) is 23.7. The fraction of sp³-hybridized carbons (Fsp3) is 1.00. The van der Waals surface area contributed by atoms with Gasteiger partial charge in [-0.2, -0.15) is 0 Å². The standard InChI is InChI=1S/C9H20.C3H8.2C2H6/c1-5-8-9(4,6-2)7-3;1-3-2;2*1-2/h5-8H2,1-4H3;3H2,1-2H3;2*1-2H3. The van der Waals surface area contributed by atoms with Crippen molar-refractivity contribution in [3.05, 3.63) is 0 Å². The Kier molecular flexibility index (Phi) is 38.0. The van der Waals surface area contributed by atoms with E-state index in [1.165, 1.54) is 32.1 Å². The molecule has 0 N–H and O–H groups in total. The summed E-state index contributed by atoms with van der Waals surface area (Å²) in [5.41, 5.74) is 0.634. The van der Waals surface area contributed by atoms with Crippen molar-refractivity contribution in [3.8, 4) is 0 Å². The molecule has 0 radical (unpaired) electrons. The van der Waals surface area contributed by atoms with Crippen molar-refractivity contribution in [2.24, 2.45) is 5.41 Å². The van der Waals surface area contributed by atoms with Gasteiger partial charge in [0.05, 0.1) is 0 Å². The Balaban J connectivity index is -0.0000000864. The third-order valence-electron chi connectivity index (χ3n) is 2.56. The minimum Gasteiger partial charge on any atom is -0.0683 e. The largest absolute Gasteiger partial charge is 0.0683 e. The Morgan fingerprint density at radius 3 is 1.00 bits per heavy atom. The van der Waals surface area contributed by atoms with Gasteiger partial charge in [0, 0.05) is 0 Å². The summed E-state index contributed by atoms with van der Waals surface area (Å²) < 4.78 is 0. The molecule has 0 unspecified atom stereocenters. The molecule has 104 valence electrons. The predicted octanol–water partition coefficient (Wildman–Crippen LogP) is 7.08. The first-order valence-electron chi connectivity index (χ1n) is 7.60. The van der Waals surface area contributed by atoms with Crippen LogP contribution < -0.4 is 0 Å². The van der Waals surface area contributed by atoms with Gasteiger partial charge in [0.1, 0.15) is 0 Å². The average molecular weight is 232 g/mol. The van der Waals surface area contributed by atoms with Crippen LogP contribution in [0.1, 0.15) is 101 Å². The van der Waals surface area contributed by atoms with Crippen molar-refractivity contribution < 1.29 is 0 Å². The summed E-state index contributed by atoms with van der Waals surface area (Å²) in [6.07, 6.45) is 6.63. The van der Waals surface area contributed by atoms with Crippen molar-refractivity contribution in [2.45, 2.75) is 101 Å². The second-order valence-electron chi connectivity index (χ2n) is 3.97. The molecule has 0 heteroatoms. The van der Waals surface area contributed by atoms with Gasteiger partial charge in [-0.3, -0.25) is 0 Å². The molecule has 0 bridgehead atoms. The molecule has 0 fully saturated rings. The molecule has 0 aromatic heterocycles. The Bertz CT molecular complexity index is 70.1. The SMILES string of the molecule is CC.CC.CCC.CCCC(C)(CC)CC. The van der Waals surface area contributed by atoms with Gasteiger partial charge in [-0.25, -0.2) is 0 Å². The second-order valence-corrected chi connectivity index (χ2v) is 3.97. The molecular formula is C16H40. The lowest BCUT2D eigenvalue weighted by Crippen LogP contribution is -2.12. The maximum atomic E-state index is 2.39. The fourth-order valence-electron chi connectivity index (χ4n) is 1.21. The van der Waals surface area contributed by atoms with E-state index in [0.717, 1.165) is 0 Å². The van der Waals surface area contributed by atoms with E-state index in [-0.39, 0.29) is 0 Å². The topological polar surface area (TPSA) is 0 Å². The highest BCUT2D eigenvalue weighted by atomic mass is 14.2. The van der Waals surface area contributed by atoms with Crippen molar-refractivity contribution in [1.82, 2.24) is 0 Å². The van der Waals surface area contributed by atoms with Crippen molar-refractivity contribution >= 4 is 0 Å². The van der Waals surface area contributed by atoms with Crippen molar-refractivity contribution in [2.75, 3.05) is 0 Å². The summed E-state index contributed by atoms with van der Waals surface area (Å²) in [4.78, 5) is 0. The van der Waals surface area contributed by atoms with Gasteiger partial charge >= 0.3 is 0 Å². The molecule has 0 saturated heterocycles. The molecule has 0 aliphatic heterocycles. The first kappa shape index (κ1) is 25.0. The Morgan fingerprint density at radius 2 is 0.938 bits per heavy atom. The van der Waals surface area contributed by atoms with Crippen LogP contribution in [0.15, 0.2) is 0 Å². The highest BCUT2D eigenvalue weighted by Crippen LogP contribution is 2.30. The third-order valence-corrected chi connectivity index (χ3v) is 2.56. The molecule has 0 saturated carbocycles. The Labute approximate surface area is 107 Å². The Hall–Kier alpha value is 0. The quantitative estimate of drug-likeness (QED) is 0.485. The van der Waals surface area contributed by atoms with Gasteiger partial charge in [-0.15, -0.1) is 0 Å². The molecule has 16 heavy (non-hydrogen) atoms. The molecule has 0 nitrogen and oxygen atoms in total. The summed E-state index contributed by atoms with van der Waals surface area (Å²) in [7, 11) is 0. The van der Waals surface area contributed by atoms with Gasteiger partial charge in [-0.05, 0) is 11.8 Å². The van der Waals surface area contributed by atoms with Gasteiger partial charge < -0.3 is 0 Å². The van der Waals surface area contributed by atoms with E-state index in [9.17, 15) is 0 Å². The van der Waals surface area contributed by atoms with E-state index in [4.69, 9.17) is 0 Å². The fourth-order valence-corrected chi connectivity index (χ4v) is 1.21. The van der Waals surface area contributed by atoms with Crippen LogP contribution in [0, 0.1) is 5.41 Å². The summed E-state index contributed by atoms with van der Waals surface area (Å²) in [6, 6.07) is 0. The summed E-state index contributed by atoms with van der Waals surface area (Å²) in [5, 5.41) is 0. The highest BCUT2D eigenvalue weighted by molar-refractivity contribution is 4.69. The predicted molar refractivity (Wildman–Crippen MR) is 82.3 cm³/mol. The van der Waals surface area contributed by atoms with Crippen LogP contribution in [0.5, 0.6) is 0 Å².